The van der Waals surface area contributed by atoms with Gasteiger partial charge in [-0.1, -0.05) is 73.4 Å². The summed E-state index contributed by atoms with van der Waals surface area (Å²) in [6.45, 7) is 5.56. The van der Waals surface area contributed by atoms with Crippen molar-refractivity contribution in [3.63, 3.8) is 0 Å². The van der Waals surface area contributed by atoms with Crippen LogP contribution in [0.1, 0.15) is 6.92 Å². The van der Waals surface area contributed by atoms with Crippen molar-refractivity contribution in [3.8, 4) is 0 Å². The van der Waals surface area contributed by atoms with Crippen LogP contribution in [-0.2, 0) is 0 Å². The Morgan fingerprint density at radius 2 is 1.00 bits per heavy atom. The van der Waals surface area contributed by atoms with E-state index in [1.54, 1.807) is 6.08 Å². The Kier molecular flexibility index (Phi) is 9.19. The highest BCUT2D eigenvalue weighted by Crippen LogP contribution is 1.83. The molecule has 0 aromatic carbocycles. The van der Waals surface area contributed by atoms with Gasteiger partial charge in [-0.3, -0.25) is 0 Å². The van der Waals surface area contributed by atoms with Gasteiger partial charge in [0, 0.05) is 0 Å². The van der Waals surface area contributed by atoms with E-state index < -0.39 is 0 Å². The lowest BCUT2D eigenvalue weighted by molar-refractivity contribution is 1.73. The van der Waals surface area contributed by atoms with Gasteiger partial charge in [-0.15, -0.1) is 0 Å². The smallest absolute Gasteiger partial charge is 0.0467 e. The molecular weight excluding hydrogens is 156 g/mol. The molecule has 0 saturated heterocycles. The van der Waals surface area contributed by atoms with Crippen molar-refractivity contribution in [1.29, 1.82) is 0 Å². The number of allylic oxidation sites excluding steroid dienone is 11. The molecule has 0 aliphatic carbocycles. The molecule has 0 amide bonds. The maximum atomic E-state index is 3.57. The van der Waals surface area contributed by atoms with Gasteiger partial charge < -0.3 is 0 Å². The Bertz CT molecular complexity index is 247. The molecule has 0 fully saturated rings. The van der Waals surface area contributed by atoms with E-state index in [0.29, 0.717) is 0 Å². The van der Waals surface area contributed by atoms with Crippen molar-refractivity contribution in [1.82, 2.24) is 0 Å². The van der Waals surface area contributed by atoms with Gasteiger partial charge in [0.2, 0.25) is 0 Å². The van der Waals surface area contributed by atoms with Gasteiger partial charge in [0.15, 0.2) is 0 Å². The molecule has 0 rings (SSSR count). The summed E-state index contributed by atoms with van der Waals surface area (Å²) in [4.78, 5) is 0. The van der Waals surface area contributed by atoms with Crippen molar-refractivity contribution in [3.05, 3.63) is 73.4 Å². The molecule has 0 unspecified atom stereocenters. The molecule has 68 valence electrons. The van der Waals surface area contributed by atoms with Crippen molar-refractivity contribution < 1.29 is 0 Å². The molecular formula is C13H16. The topological polar surface area (TPSA) is 0 Å². The fraction of sp³-hybridized carbons (Fsp3) is 0.0769. The Morgan fingerprint density at radius 1 is 0.615 bits per heavy atom. The minimum absolute atomic E-state index is 1.75. The lowest BCUT2D eigenvalue weighted by Gasteiger charge is -1.73. The minimum Gasteiger partial charge on any atom is -0.0991 e. The number of hydrogen-bond acceptors (Lipinski definition) is 0. The fourth-order valence-electron chi connectivity index (χ4n) is 0.639. The summed E-state index contributed by atoms with van der Waals surface area (Å²) in [5, 5.41) is 0. The Morgan fingerprint density at radius 3 is 1.38 bits per heavy atom. The maximum Gasteiger partial charge on any atom is -0.0467 e. The summed E-state index contributed by atoms with van der Waals surface area (Å²) in [7, 11) is 0. The molecule has 0 aromatic rings. The lowest BCUT2D eigenvalue weighted by Crippen LogP contribution is -1.51. The summed E-state index contributed by atoms with van der Waals surface area (Å²) in [5.41, 5.74) is 0. The van der Waals surface area contributed by atoms with Gasteiger partial charge >= 0.3 is 0 Å². The first-order chi connectivity index (χ1) is 6.41. The highest BCUT2D eigenvalue weighted by Gasteiger charge is 1.61. The average Bonchev–Trinajstić information content (AvgIpc) is 2.16. The third kappa shape index (κ3) is 10.4. The molecule has 0 N–H and O–H groups in total. The molecule has 0 heteroatoms. The van der Waals surface area contributed by atoms with Crippen LogP contribution in [0.5, 0.6) is 0 Å². The van der Waals surface area contributed by atoms with Crippen LogP contribution in [0.4, 0.5) is 0 Å². The van der Waals surface area contributed by atoms with Crippen LogP contribution < -0.4 is 0 Å². The van der Waals surface area contributed by atoms with Gasteiger partial charge in [-0.25, -0.2) is 0 Å². The predicted octanol–water partition coefficient (Wildman–Crippen LogP) is 3.97. The van der Waals surface area contributed by atoms with Crippen molar-refractivity contribution in [2.75, 3.05) is 0 Å². The first-order valence-corrected chi connectivity index (χ1v) is 4.32. The van der Waals surface area contributed by atoms with Crippen LogP contribution in [0.2, 0.25) is 0 Å². The Labute approximate surface area is 81.0 Å². The number of hydrogen-bond donors (Lipinski definition) is 0. The quantitative estimate of drug-likeness (QED) is 0.550. The van der Waals surface area contributed by atoms with E-state index in [1.807, 2.05) is 67.7 Å². The Hall–Kier alpha value is -1.56. The zero-order chi connectivity index (χ0) is 9.78. The summed E-state index contributed by atoms with van der Waals surface area (Å²) in [6.07, 6.45) is 21.4. The summed E-state index contributed by atoms with van der Waals surface area (Å²) < 4.78 is 0. The molecule has 0 saturated carbocycles. The third-order valence-electron chi connectivity index (χ3n) is 1.22. The van der Waals surface area contributed by atoms with Crippen LogP contribution in [0.25, 0.3) is 0 Å². The summed E-state index contributed by atoms with van der Waals surface area (Å²) in [6, 6.07) is 0. The molecule has 0 nitrogen and oxygen atoms in total. The molecule has 13 heavy (non-hydrogen) atoms. The average molecular weight is 172 g/mol. The molecule has 0 radical (unpaired) electrons. The van der Waals surface area contributed by atoms with Crippen LogP contribution in [-0.4, -0.2) is 0 Å². The summed E-state index contributed by atoms with van der Waals surface area (Å²) >= 11 is 0. The Balaban J connectivity index is 3.68. The zero-order valence-corrected chi connectivity index (χ0v) is 8.06. The number of rotatable bonds is 5. The molecule has 0 aromatic heterocycles. The maximum absolute atomic E-state index is 3.57. The largest absolute Gasteiger partial charge is 0.0991 e. The van der Waals surface area contributed by atoms with Gasteiger partial charge in [0.25, 0.3) is 0 Å². The minimum atomic E-state index is 1.75. The van der Waals surface area contributed by atoms with E-state index in [9.17, 15) is 0 Å². The molecule has 0 aliphatic rings. The lowest BCUT2D eigenvalue weighted by atomic mass is 10.3. The normalized spacial score (nSPS) is 13.3. The zero-order valence-electron chi connectivity index (χ0n) is 8.06. The fourth-order valence-corrected chi connectivity index (χ4v) is 0.639. The highest BCUT2D eigenvalue weighted by molar-refractivity contribution is 5.18. The van der Waals surface area contributed by atoms with Crippen LogP contribution in [0.3, 0.4) is 0 Å². The van der Waals surface area contributed by atoms with Gasteiger partial charge in [0.05, 0.1) is 0 Å². The van der Waals surface area contributed by atoms with Crippen molar-refractivity contribution in [2.24, 2.45) is 0 Å². The third-order valence-corrected chi connectivity index (χ3v) is 1.22. The van der Waals surface area contributed by atoms with Gasteiger partial charge in [0.1, 0.15) is 0 Å². The second-order valence-corrected chi connectivity index (χ2v) is 2.30. The van der Waals surface area contributed by atoms with Crippen molar-refractivity contribution in [2.45, 2.75) is 6.92 Å². The predicted molar refractivity (Wildman–Crippen MR) is 61.6 cm³/mol. The second-order valence-electron chi connectivity index (χ2n) is 2.30. The summed E-state index contributed by atoms with van der Waals surface area (Å²) in [5.74, 6) is 0. The molecule has 0 heterocycles. The van der Waals surface area contributed by atoms with Crippen molar-refractivity contribution >= 4 is 0 Å². The molecule has 0 atom stereocenters. The van der Waals surface area contributed by atoms with E-state index in [1.165, 1.54) is 0 Å². The van der Waals surface area contributed by atoms with Gasteiger partial charge in [-0.05, 0) is 6.92 Å². The standard InChI is InChI=1S/C13H16/c1-3-5-7-9-11-13-12-10-8-6-4-2/h3-13H,1H2,2H3/b6-4+,7-5+,10-8-,11-9+,13-12-. The molecule has 0 spiro atoms. The first kappa shape index (κ1) is 11.4. The first-order valence-electron chi connectivity index (χ1n) is 4.32. The van der Waals surface area contributed by atoms with E-state index in [4.69, 9.17) is 0 Å². The molecule has 0 aliphatic heterocycles. The SMILES string of the molecule is C=C/C=C/C=C/C=C\C=C/C=C/C. The van der Waals surface area contributed by atoms with E-state index >= 15 is 0 Å². The highest BCUT2D eigenvalue weighted by atomic mass is 13.7. The van der Waals surface area contributed by atoms with Crippen LogP contribution in [0, 0.1) is 0 Å². The van der Waals surface area contributed by atoms with E-state index in [0.717, 1.165) is 0 Å². The van der Waals surface area contributed by atoms with E-state index in [-0.39, 0.29) is 0 Å². The molecule has 0 bridgehead atoms. The van der Waals surface area contributed by atoms with Gasteiger partial charge in [-0.2, -0.15) is 0 Å². The van der Waals surface area contributed by atoms with E-state index in [2.05, 4.69) is 6.58 Å². The van der Waals surface area contributed by atoms with Crippen LogP contribution in [0.15, 0.2) is 73.4 Å². The monoisotopic (exact) mass is 172 g/mol. The second kappa shape index (κ2) is 10.4. The van der Waals surface area contributed by atoms with Crippen LogP contribution >= 0.6 is 0 Å².